The molecule has 5 heterocycles. The molecule has 0 bridgehead atoms. The molecule has 1 aliphatic rings. The van der Waals surface area contributed by atoms with Crippen molar-refractivity contribution >= 4 is 50.1 Å². The van der Waals surface area contributed by atoms with Crippen LogP contribution in [-0.2, 0) is 11.3 Å². The number of carbonyl (C=O) groups excluding carboxylic acids is 1. The number of H-pyrrole nitrogens is 1. The van der Waals surface area contributed by atoms with Crippen LogP contribution in [0.25, 0.3) is 32.5 Å². The number of anilines is 2. The second kappa shape index (κ2) is 10.9. The van der Waals surface area contributed by atoms with Crippen LogP contribution in [0.15, 0.2) is 42.9 Å². The van der Waals surface area contributed by atoms with Crippen LogP contribution in [-0.4, -0.2) is 80.6 Å². The number of amides is 1. The van der Waals surface area contributed by atoms with Crippen molar-refractivity contribution in [3.8, 4) is 11.4 Å². The molecule has 39 heavy (non-hydrogen) atoms. The van der Waals surface area contributed by atoms with E-state index in [9.17, 15) is 4.79 Å². The van der Waals surface area contributed by atoms with E-state index >= 15 is 0 Å². The number of nitrogens with zero attached hydrogens (tertiary/aromatic N) is 7. The topological polar surface area (TPSA) is 171 Å². The number of hydroxylamine groups is 1. The summed E-state index contributed by atoms with van der Waals surface area (Å²) in [5.74, 6) is 1.28. The summed E-state index contributed by atoms with van der Waals surface area (Å²) in [5.41, 5.74) is 10.3. The lowest BCUT2D eigenvalue weighted by atomic mass is 10.1. The molecule has 5 N–H and O–H groups in total. The highest BCUT2D eigenvalue weighted by molar-refractivity contribution is 7.19. The summed E-state index contributed by atoms with van der Waals surface area (Å²) in [7, 11) is 0. The van der Waals surface area contributed by atoms with E-state index in [2.05, 4.69) is 31.1 Å². The Hall–Kier alpha value is -4.24. The average Bonchev–Trinajstić information content (AvgIpc) is 3.63. The number of aromatic amines is 1. The maximum absolute atomic E-state index is 11.7. The van der Waals surface area contributed by atoms with Crippen LogP contribution in [0.4, 0.5) is 11.8 Å². The molecule has 0 atom stereocenters. The molecule has 200 valence electrons. The van der Waals surface area contributed by atoms with Crippen LogP contribution in [0, 0.1) is 0 Å². The lowest BCUT2D eigenvalue weighted by Gasteiger charge is -2.28. The van der Waals surface area contributed by atoms with Gasteiger partial charge in [-0.25, -0.2) is 25.4 Å². The molecule has 1 saturated heterocycles. The zero-order chi connectivity index (χ0) is 26.8. The average molecular weight is 547 g/mol. The maximum Gasteiger partial charge on any atom is 0.277 e. The molecule has 1 amide bonds. The molecule has 0 saturated carbocycles. The van der Waals surface area contributed by atoms with Crippen LogP contribution in [0.2, 0.25) is 0 Å². The number of nitrogens with one attached hydrogen (secondary N) is 2. The fourth-order valence-corrected chi connectivity index (χ4v) is 5.70. The molecule has 6 rings (SSSR count). The standard InChI is InChI=1S/C25H26N10O3S/c26-4-5-35(25-27-11-15(12-28-25)24(36)33-37)14-16-10-20-21(39-16)23(34-6-8-38-9-7-34)31-22(30-20)17-2-1-3-19-18(17)13-29-32-19/h1-3,10-13,37H,4-9,14,26H2,(H,29,32)(H,33,36). The zero-order valence-corrected chi connectivity index (χ0v) is 21.7. The second-order valence-electron chi connectivity index (χ2n) is 8.96. The van der Waals surface area contributed by atoms with Gasteiger partial charge in [-0.3, -0.25) is 15.1 Å². The van der Waals surface area contributed by atoms with Crippen LogP contribution in [0.1, 0.15) is 15.2 Å². The van der Waals surface area contributed by atoms with Crippen molar-refractivity contribution in [3.05, 3.63) is 53.3 Å². The Kier molecular flexibility index (Phi) is 6.98. The van der Waals surface area contributed by atoms with Crippen LogP contribution < -0.4 is 21.0 Å². The molecule has 5 aromatic rings. The van der Waals surface area contributed by atoms with Crippen molar-refractivity contribution in [2.45, 2.75) is 6.54 Å². The minimum atomic E-state index is -0.674. The number of carbonyl (C=O) groups is 1. The van der Waals surface area contributed by atoms with Crippen molar-refractivity contribution < 1.29 is 14.7 Å². The van der Waals surface area contributed by atoms with E-state index in [0.29, 0.717) is 44.6 Å². The predicted molar refractivity (Wildman–Crippen MR) is 147 cm³/mol. The Labute approximate surface area is 226 Å². The van der Waals surface area contributed by atoms with Crippen molar-refractivity contribution in [1.29, 1.82) is 0 Å². The van der Waals surface area contributed by atoms with Gasteiger partial charge in [0.15, 0.2) is 11.6 Å². The van der Waals surface area contributed by atoms with Gasteiger partial charge in [0.05, 0.1) is 47.3 Å². The van der Waals surface area contributed by atoms with Crippen LogP contribution in [0.3, 0.4) is 0 Å². The number of ether oxygens (including phenoxy) is 1. The van der Waals surface area contributed by atoms with Gasteiger partial charge in [-0.1, -0.05) is 12.1 Å². The molecule has 1 aromatic carbocycles. The Morgan fingerprint density at radius 2 is 2.03 bits per heavy atom. The fourth-order valence-electron chi connectivity index (χ4n) is 4.58. The minimum Gasteiger partial charge on any atom is -0.378 e. The van der Waals surface area contributed by atoms with E-state index in [1.807, 2.05) is 23.1 Å². The first-order valence-electron chi connectivity index (χ1n) is 12.4. The SMILES string of the molecule is NCCN(Cc1cc2nc(-c3cccc4[nH]ncc34)nc(N3CCOCC3)c2s1)c1ncc(C(=O)NO)cn1. The van der Waals surface area contributed by atoms with Gasteiger partial charge < -0.3 is 20.3 Å². The third-order valence-electron chi connectivity index (χ3n) is 6.47. The first-order chi connectivity index (χ1) is 19.1. The number of nitrogens with two attached hydrogens (primary N) is 1. The summed E-state index contributed by atoms with van der Waals surface area (Å²) in [4.78, 5) is 35.6. The number of hydrogen-bond donors (Lipinski definition) is 4. The van der Waals surface area contributed by atoms with E-state index in [1.165, 1.54) is 12.4 Å². The third kappa shape index (κ3) is 4.97. The van der Waals surface area contributed by atoms with Crippen molar-refractivity contribution in [1.82, 2.24) is 35.6 Å². The largest absolute Gasteiger partial charge is 0.378 e. The maximum atomic E-state index is 11.7. The summed E-state index contributed by atoms with van der Waals surface area (Å²) in [6, 6.07) is 8.03. The van der Waals surface area contributed by atoms with Gasteiger partial charge in [0.2, 0.25) is 5.95 Å². The van der Waals surface area contributed by atoms with E-state index < -0.39 is 5.91 Å². The molecule has 13 nitrogen and oxygen atoms in total. The Balaban J connectivity index is 1.39. The van der Waals surface area contributed by atoms with Gasteiger partial charge in [-0.15, -0.1) is 11.3 Å². The molecule has 0 radical (unpaired) electrons. The van der Waals surface area contributed by atoms with E-state index in [1.54, 1.807) is 23.0 Å². The number of aromatic nitrogens is 6. The number of morpholine rings is 1. The highest BCUT2D eigenvalue weighted by atomic mass is 32.1. The van der Waals surface area contributed by atoms with Crippen molar-refractivity contribution in [2.75, 3.05) is 49.2 Å². The highest BCUT2D eigenvalue weighted by Crippen LogP contribution is 2.36. The van der Waals surface area contributed by atoms with Crippen LogP contribution >= 0.6 is 11.3 Å². The predicted octanol–water partition coefficient (Wildman–Crippen LogP) is 1.95. The quantitative estimate of drug-likeness (QED) is 0.166. The number of thiophene rings is 1. The number of fused-ring (bicyclic) bond motifs is 2. The van der Waals surface area contributed by atoms with Gasteiger partial charge >= 0.3 is 0 Å². The molecule has 4 aromatic heterocycles. The molecule has 14 heteroatoms. The monoisotopic (exact) mass is 546 g/mol. The Morgan fingerprint density at radius 1 is 1.21 bits per heavy atom. The summed E-state index contributed by atoms with van der Waals surface area (Å²) >= 11 is 1.63. The number of benzene rings is 1. The Bertz CT molecular complexity index is 1610. The second-order valence-corrected chi connectivity index (χ2v) is 10.1. The molecule has 0 spiro atoms. The summed E-state index contributed by atoms with van der Waals surface area (Å²) in [5, 5.41) is 17.0. The Morgan fingerprint density at radius 3 is 2.79 bits per heavy atom. The summed E-state index contributed by atoms with van der Waals surface area (Å²) in [6.45, 7) is 4.18. The van der Waals surface area contributed by atoms with Crippen LogP contribution in [0.5, 0.6) is 0 Å². The van der Waals surface area contributed by atoms with Gasteiger partial charge in [0.1, 0.15) is 0 Å². The first-order valence-corrected chi connectivity index (χ1v) is 13.2. The first kappa shape index (κ1) is 25.1. The third-order valence-corrected chi connectivity index (χ3v) is 7.58. The number of hydrogen-bond acceptors (Lipinski definition) is 12. The zero-order valence-electron chi connectivity index (χ0n) is 20.9. The molecule has 0 unspecified atom stereocenters. The van der Waals surface area contributed by atoms with E-state index in [0.717, 1.165) is 50.5 Å². The lowest BCUT2D eigenvalue weighted by molar-refractivity contribution is 0.0705. The molecule has 1 aliphatic heterocycles. The smallest absolute Gasteiger partial charge is 0.277 e. The van der Waals surface area contributed by atoms with Gasteiger partial charge in [0, 0.05) is 54.4 Å². The fraction of sp³-hybridized carbons (Fsp3) is 0.280. The molecule has 1 fully saturated rings. The van der Waals surface area contributed by atoms with E-state index in [-0.39, 0.29) is 5.56 Å². The molecular formula is C25H26N10O3S. The molecular weight excluding hydrogens is 520 g/mol. The van der Waals surface area contributed by atoms with Gasteiger partial charge in [0.25, 0.3) is 5.91 Å². The van der Waals surface area contributed by atoms with Crippen molar-refractivity contribution in [2.24, 2.45) is 5.73 Å². The highest BCUT2D eigenvalue weighted by Gasteiger charge is 2.22. The molecule has 0 aliphatic carbocycles. The van der Waals surface area contributed by atoms with Crippen molar-refractivity contribution in [3.63, 3.8) is 0 Å². The lowest BCUT2D eigenvalue weighted by Crippen LogP contribution is -2.36. The minimum absolute atomic E-state index is 0.154. The summed E-state index contributed by atoms with van der Waals surface area (Å²) < 4.78 is 6.59. The van der Waals surface area contributed by atoms with Gasteiger partial charge in [-0.2, -0.15) is 5.10 Å². The normalized spacial score (nSPS) is 13.7. The summed E-state index contributed by atoms with van der Waals surface area (Å²) in [6.07, 6.45) is 4.53. The van der Waals surface area contributed by atoms with Gasteiger partial charge in [-0.05, 0) is 12.1 Å². The number of rotatable bonds is 8. The van der Waals surface area contributed by atoms with E-state index in [4.69, 9.17) is 25.6 Å².